The van der Waals surface area contributed by atoms with E-state index in [1.807, 2.05) is 25.1 Å². The topological polar surface area (TPSA) is 79.0 Å². The summed E-state index contributed by atoms with van der Waals surface area (Å²) in [5.74, 6) is 0.518. The number of nitrogens with zero attached hydrogens (tertiary/aromatic N) is 3. The first-order valence-corrected chi connectivity index (χ1v) is 11.5. The van der Waals surface area contributed by atoms with Gasteiger partial charge in [0.15, 0.2) is 0 Å². The molecule has 4 aromatic rings. The number of halogens is 1. The Labute approximate surface area is 188 Å². The Balaban J connectivity index is 1.42. The van der Waals surface area contributed by atoms with Crippen molar-refractivity contribution >= 4 is 50.0 Å². The van der Waals surface area contributed by atoms with E-state index in [4.69, 9.17) is 11.6 Å². The summed E-state index contributed by atoms with van der Waals surface area (Å²) in [5, 5.41) is 2.05. The van der Waals surface area contributed by atoms with Crippen LogP contribution in [0.4, 0.5) is 0 Å². The van der Waals surface area contributed by atoms with Gasteiger partial charge in [-0.1, -0.05) is 30.7 Å². The molecule has 8 heteroatoms. The third-order valence-electron chi connectivity index (χ3n) is 5.02. The summed E-state index contributed by atoms with van der Waals surface area (Å²) in [5.41, 5.74) is 1.32. The summed E-state index contributed by atoms with van der Waals surface area (Å²) >= 11 is 7.72. The highest BCUT2D eigenvalue weighted by Gasteiger charge is 2.16. The number of aromatic nitrogens is 3. The van der Waals surface area contributed by atoms with Gasteiger partial charge in [-0.15, -0.1) is 11.3 Å². The number of carbonyl (C=O) groups is 1. The molecule has 2 aromatic carbocycles. The summed E-state index contributed by atoms with van der Waals surface area (Å²) in [6.45, 7) is 2.90. The molecule has 0 radical (unpaired) electrons. The molecule has 0 spiro atoms. The highest BCUT2D eigenvalue weighted by Crippen LogP contribution is 2.23. The lowest BCUT2D eigenvalue weighted by molar-refractivity contribution is -0.132. The zero-order valence-corrected chi connectivity index (χ0v) is 18.8. The number of rotatable bonds is 8. The predicted octanol–water partition coefficient (Wildman–Crippen LogP) is 4.95. The normalized spacial score (nSPS) is 11.3. The van der Waals surface area contributed by atoms with Gasteiger partial charge in [0.2, 0.25) is 5.91 Å². The molecular formula is C23H23ClN4O2S. The van der Waals surface area contributed by atoms with E-state index >= 15 is 0 Å². The van der Waals surface area contributed by atoms with Crippen LogP contribution in [0.3, 0.4) is 0 Å². The van der Waals surface area contributed by atoms with Crippen molar-refractivity contribution in [1.29, 1.82) is 0 Å². The van der Waals surface area contributed by atoms with Crippen molar-refractivity contribution in [2.24, 2.45) is 0 Å². The first kappa shape index (κ1) is 21.5. The average molecular weight is 455 g/mol. The second kappa shape index (κ2) is 9.58. The Bertz CT molecular complexity index is 1250. The van der Waals surface area contributed by atoms with E-state index in [0.717, 1.165) is 29.8 Å². The van der Waals surface area contributed by atoms with Gasteiger partial charge in [0, 0.05) is 18.0 Å². The van der Waals surface area contributed by atoms with Crippen LogP contribution in [0.25, 0.3) is 21.1 Å². The molecule has 1 N–H and O–H groups in total. The number of hydrogen-bond donors (Lipinski definition) is 1. The highest BCUT2D eigenvalue weighted by atomic mass is 35.5. The molecule has 4 rings (SSSR count). The van der Waals surface area contributed by atoms with Crippen LogP contribution in [0.2, 0.25) is 5.02 Å². The maximum absolute atomic E-state index is 12.9. The molecule has 31 heavy (non-hydrogen) atoms. The van der Waals surface area contributed by atoms with Crippen LogP contribution in [0.5, 0.6) is 0 Å². The van der Waals surface area contributed by atoms with E-state index in [0.29, 0.717) is 34.7 Å². The third-order valence-corrected chi connectivity index (χ3v) is 6.36. The first-order chi connectivity index (χ1) is 15.0. The SMILES string of the molecule is CCCN(Cc1nc2cc(Cl)ccc2c(=O)[nH]1)C(=O)CCCc1nc2ccccc2s1. The Kier molecular flexibility index (Phi) is 6.63. The average Bonchev–Trinajstić information content (AvgIpc) is 3.16. The first-order valence-electron chi connectivity index (χ1n) is 10.3. The van der Waals surface area contributed by atoms with Crippen LogP contribution in [0.1, 0.15) is 37.0 Å². The Morgan fingerprint density at radius 2 is 2.00 bits per heavy atom. The summed E-state index contributed by atoms with van der Waals surface area (Å²) in [6, 6.07) is 13.1. The Morgan fingerprint density at radius 3 is 2.81 bits per heavy atom. The van der Waals surface area contributed by atoms with Gasteiger partial charge < -0.3 is 9.88 Å². The summed E-state index contributed by atoms with van der Waals surface area (Å²) in [4.78, 5) is 38.9. The van der Waals surface area contributed by atoms with E-state index in [1.165, 1.54) is 4.70 Å². The molecule has 2 aromatic heterocycles. The molecule has 0 atom stereocenters. The van der Waals surface area contributed by atoms with Gasteiger partial charge in [-0.05, 0) is 49.6 Å². The van der Waals surface area contributed by atoms with Gasteiger partial charge in [0.1, 0.15) is 5.82 Å². The van der Waals surface area contributed by atoms with Gasteiger partial charge in [0.25, 0.3) is 5.56 Å². The Hall–Kier alpha value is -2.77. The fraction of sp³-hybridized carbons (Fsp3) is 0.304. The van der Waals surface area contributed by atoms with Crippen LogP contribution < -0.4 is 5.56 Å². The molecule has 6 nitrogen and oxygen atoms in total. The monoisotopic (exact) mass is 454 g/mol. The molecule has 1 amide bonds. The van der Waals surface area contributed by atoms with E-state index < -0.39 is 0 Å². The number of para-hydroxylation sites is 1. The molecular weight excluding hydrogens is 432 g/mol. The number of aromatic amines is 1. The summed E-state index contributed by atoms with van der Waals surface area (Å²) in [7, 11) is 0. The van der Waals surface area contributed by atoms with E-state index in [2.05, 4.69) is 21.0 Å². The zero-order valence-electron chi connectivity index (χ0n) is 17.2. The minimum absolute atomic E-state index is 0.0526. The second-order valence-corrected chi connectivity index (χ2v) is 8.97. The van der Waals surface area contributed by atoms with E-state index in [9.17, 15) is 9.59 Å². The van der Waals surface area contributed by atoms with Crippen molar-refractivity contribution in [2.75, 3.05) is 6.54 Å². The zero-order chi connectivity index (χ0) is 21.8. The fourth-order valence-electron chi connectivity index (χ4n) is 3.55. The molecule has 0 saturated carbocycles. The van der Waals surface area contributed by atoms with Gasteiger partial charge in [-0.3, -0.25) is 9.59 Å². The molecule has 0 bridgehead atoms. The lowest BCUT2D eigenvalue weighted by atomic mass is 10.2. The number of carbonyl (C=O) groups excluding carboxylic acids is 1. The number of thiazole rings is 1. The lowest BCUT2D eigenvalue weighted by Crippen LogP contribution is -2.32. The van der Waals surface area contributed by atoms with Crippen molar-refractivity contribution in [3.63, 3.8) is 0 Å². The van der Waals surface area contributed by atoms with Crippen LogP contribution in [0, 0.1) is 0 Å². The quantitative estimate of drug-likeness (QED) is 0.408. The molecule has 160 valence electrons. The van der Waals surface area contributed by atoms with Crippen molar-refractivity contribution in [2.45, 2.75) is 39.2 Å². The molecule has 2 heterocycles. The number of fused-ring (bicyclic) bond motifs is 2. The Morgan fingerprint density at radius 1 is 1.16 bits per heavy atom. The third kappa shape index (κ3) is 5.11. The van der Waals surface area contributed by atoms with Crippen molar-refractivity contribution in [3.05, 3.63) is 68.7 Å². The van der Waals surface area contributed by atoms with Gasteiger partial charge in [-0.2, -0.15) is 0 Å². The van der Waals surface area contributed by atoms with Crippen molar-refractivity contribution in [3.8, 4) is 0 Å². The van der Waals surface area contributed by atoms with Crippen LogP contribution in [-0.4, -0.2) is 32.3 Å². The number of benzene rings is 2. The predicted molar refractivity (Wildman–Crippen MR) is 126 cm³/mol. The summed E-state index contributed by atoms with van der Waals surface area (Å²) in [6.07, 6.45) is 2.76. The number of nitrogens with one attached hydrogen (secondary N) is 1. The molecule has 0 fully saturated rings. The van der Waals surface area contributed by atoms with Gasteiger partial charge in [-0.25, -0.2) is 9.97 Å². The maximum Gasteiger partial charge on any atom is 0.258 e. The number of hydrogen-bond acceptors (Lipinski definition) is 5. The van der Waals surface area contributed by atoms with E-state index in [1.54, 1.807) is 34.4 Å². The lowest BCUT2D eigenvalue weighted by Gasteiger charge is -2.21. The second-order valence-electron chi connectivity index (χ2n) is 7.42. The number of aryl methyl sites for hydroxylation is 1. The smallest absolute Gasteiger partial charge is 0.258 e. The van der Waals surface area contributed by atoms with E-state index in [-0.39, 0.29) is 18.0 Å². The minimum Gasteiger partial charge on any atom is -0.335 e. The molecule has 0 aliphatic heterocycles. The fourth-order valence-corrected chi connectivity index (χ4v) is 4.73. The molecule has 0 aliphatic carbocycles. The molecule has 0 aliphatic rings. The van der Waals surface area contributed by atoms with Gasteiger partial charge in [0.05, 0.1) is 32.7 Å². The van der Waals surface area contributed by atoms with Crippen molar-refractivity contribution < 1.29 is 4.79 Å². The van der Waals surface area contributed by atoms with Crippen LogP contribution in [-0.2, 0) is 17.8 Å². The van der Waals surface area contributed by atoms with Gasteiger partial charge >= 0.3 is 0 Å². The van der Waals surface area contributed by atoms with Crippen molar-refractivity contribution in [1.82, 2.24) is 19.9 Å². The number of amides is 1. The largest absolute Gasteiger partial charge is 0.335 e. The van der Waals surface area contributed by atoms with Crippen LogP contribution in [0.15, 0.2) is 47.3 Å². The standard InChI is InChI=1S/C23H23ClN4O2S/c1-2-12-28(14-20-25-18-13-15(24)10-11-16(18)23(30)27-20)22(29)9-5-8-21-26-17-6-3-4-7-19(17)31-21/h3-4,6-7,10-11,13H,2,5,8-9,12,14H2,1H3,(H,25,27,30). The number of H-pyrrole nitrogens is 1. The highest BCUT2D eigenvalue weighted by molar-refractivity contribution is 7.18. The molecule has 0 unspecified atom stereocenters. The molecule has 0 saturated heterocycles. The minimum atomic E-state index is -0.226. The maximum atomic E-state index is 12.9. The summed E-state index contributed by atoms with van der Waals surface area (Å²) < 4.78 is 1.17. The van der Waals surface area contributed by atoms with Crippen LogP contribution >= 0.6 is 22.9 Å².